The summed E-state index contributed by atoms with van der Waals surface area (Å²) in [4.78, 5) is 38.0. The van der Waals surface area contributed by atoms with Crippen LogP contribution in [-0.2, 0) is 28.6 Å². The highest BCUT2D eigenvalue weighted by atomic mass is 16.6. The first-order chi connectivity index (χ1) is 32.5. The average molecular weight is 921 g/mol. The van der Waals surface area contributed by atoms with E-state index in [0.29, 0.717) is 19.3 Å². The minimum atomic E-state index is -0.778. The van der Waals surface area contributed by atoms with Crippen molar-refractivity contribution < 1.29 is 28.6 Å². The van der Waals surface area contributed by atoms with Gasteiger partial charge < -0.3 is 14.2 Å². The molecule has 6 nitrogen and oxygen atoms in total. The first-order valence-electron chi connectivity index (χ1n) is 27.9. The van der Waals surface area contributed by atoms with Gasteiger partial charge in [-0.1, -0.05) is 241 Å². The third kappa shape index (κ3) is 51.8. The fourth-order valence-corrected chi connectivity index (χ4v) is 7.77. The monoisotopic (exact) mass is 921 g/mol. The lowest BCUT2D eigenvalue weighted by molar-refractivity contribution is -0.167. The lowest BCUT2D eigenvalue weighted by Crippen LogP contribution is -2.30. The second kappa shape index (κ2) is 54.5. The van der Waals surface area contributed by atoms with Crippen molar-refractivity contribution in [3.8, 4) is 0 Å². The number of esters is 3. The smallest absolute Gasteiger partial charge is 0.306 e. The van der Waals surface area contributed by atoms with Gasteiger partial charge in [-0.05, 0) is 83.5 Å². The van der Waals surface area contributed by atoms with Crippen LogP contribution < -0.4 is 0 Å². The normalized spacial score (nSPS) is 12.6. The van der Waals surface area contributed by atoms with Gasteiger partial charge in [0.25, 0.3) is 0 Å². The molecule has 380 valence electrons. The molecule has 1 unspecified atom stereocenters. The molecule has 0 spiro atoms. The molecule has 0 aromatic carbocycles. The molecular formula is C60H104O6. The summed E-state index contributed by atoms with van der Waals surface area (Å²) in [5, 5.41) is 0. The first kappa shape index (κ1) is 62.8. The van der Waals surface area contributed by atoms with Gasteiger partial charge in [-0.15, -0.1) is 0 Å². The largest absolute Gasteiger partial charge is 0.462 e. The van der Waals surface area contributed by atoms with E-state index in [2.05, 4.69) is 93.7 Å². The van der Waals surface area contributed by atoms with Crippen LogP contribution in [0.25, 0.3) is 0 Å². The summed E-state index contributed by atoms with van der Waals surface area (Å²) in [6, 6.07) is 0. The zero-order valence-electron chi connectivity index (χ0n) is 43.4. The van der Waals surface area contributed by atoms with Gasteiger partial charge in [-0.3, -0.25) is 14.4 Å². The van der Waals surface area contributed by atoms with Gasteiger partial charge in [0.2, 0.25) is 0 Å². The Labute approximate surface area is 408 Å². The predicted molar refractivity (Wildman–Crippen MR) is 284 cm³/mol. The first-order valence-corrected chi connectivity index (χ1v) is 27.9. The second-order valence-corrected chi connectivity index (χ2v) is 18.5. The Balaban J connectivity index is 4.24. The maximum Gasteiger partial charge on any atom is 0.306 e. The van der Waals surface area contributed by atoms with Crippen LogP contribution in [-0.4, -0.2) is 37.2 Å². The Kier molecular flexibility index (Phi) is 51.9. The van der Waals surface area contributed by atoms with Crippen LogP contribution in [0, 0.1) is 0 Å². The van der Waals surface area contributed by atoms with Crippen molar-refractivity contribution in [3.05, 3.63) is 72.9 Å². The van der Waals surface area contributed by atoms with Crippen LogP contribution in [0.3, 0.4) is 0 Å². The maximum absolute atomic E-state index is 12.8. The minimum absolute atomic E-state index is 0.0791. The van der Waals surface area contributed by atoms with E-state index in [-0.39, 0.29) is 31.1 Å². The quantitative estimate of drug-likeness (QED) is 0.0262. The summed E-state index contributed by atoms with van der Waals surface area (Å²) in [6.45, 7) is 6.46. The Morgan fingerprint density at radius 2 is 0.621 bits per heavy atom. The molecule has 0 fully saturated rings. The molecule has 0 bridgehead atoms. The van der Waals surface area contributed by atoms with Crippen molar-refractivity contribution >= 4 is 17.9 Å². The van der Waals surface area contributed by atoms with Crippen LogP contribution in [0.1, 0.15) is 271 Å². The summed E-state index contributed by atoms with van der Waals surface area (Å²) in [6.07, 6.45) is 69.0. The van der Waals surface area contributed by atoms with E-state index in [1.807, 2.05) is 0 Å². The van der Waals surface area contributed by atoms with Crippen LogP contribution >= 0.6 is 0 Å². The van der Waals surface area contributed by atoms with E-state index < -0.39 is 6.10 Å². The maximum atomic E-state index is 12.8. The standard InChI is InChI=1S/C60H104O6/c1-4-7-10-13-16-19-22-24-25-26-27-28-29-30-31-32-33-34-35-37-38-41-44-47-50-53-59(62)65-56-57(55-64-58(61)52-49-46-43-40-21-18-15-12-9-6-3)66-60(63)54-51-48-45-42-39-36-23-20-17-14-11-8-5-2/h7,10,12,15-16,19,24-25,27-28,30-31,57H,4-6,8-9,11,13-14,17-18,20-23,26,29,32-56H2,1-3H3/b10-7-,15-12-,19-16-,25-24-,28-27-,31-30-. The van der Waals surface area contributed by atoms with Gasteiger partial charge in [0.1, 0.15) is 13.2 Å². The fraction of sp³-hybridized carbons (Fsp3) is 0.750. The van der Waals surface area contributed by atoms with E-state index in [0.717, 1.165) is 109 Å². The van der Waals surface area contributed by atoms with Gasteiger partial charge in [0, 0.05) is 19.3 Å². The van der Waals surface area contributed by atoms with Crippen molar-refractivity contribution in [1.82, 2.24) is 0 Å². The Bertz CT molecular complexity index is 1240. The molecule has 1 atom stereocenters. The van der Waals surface area contributed by atoms with Crippen LogP contribution in [0.2, 0.25) is 0 Å². The number of rotatable bonds is 50. The summed E-state index contributed by atoms with van der Waals surface area (Å²) in [7, 11) is 0. The van der Waals surface area contributed by atoms with Crippen LogP contribution in [0.15, 0.2) is 72.9 Å². The number of hydrogen-bond acceptors (Lipinski definition) is 6. The van der Waals surface area contributed by atoms with E-state index in [1.165, 1.54) is 122 Å². The molecule has 6 heteroatoms. The van der Waals surface area contributed by atoms with Crippen molar-refractivity contribution in [2.45, 2.75) is 277 Å². The molecule has 0 rings (SSSR count). The number of hydrogen-bond donors (Lipinski definition) is 0. The Morgan fingerprint density at radius 3 is 1.00 bits per heavy atom. The summed E-state index contributed by atoms with van der Waals surface area (Å²) in [5.74, 6) is -0.889. The van der Waals surface area contributed by atoms with Gasteiger partial charge in [-0.25, -0.2) is 0 Å². The zero-order chi connectivity index (χ0) is 47.9. The number of allylic oxidation sites excluding steroid dienone is 12. The summed E-state index contributed by atoms with van der Waals surface area (Å²) < 4.78 is 16.8. The van der Waals surface area contributed by atoms with Crippen molar-refractivity contribution in [2.24, 2.45) is 0 Å². The molecule has 0 radical (unpaired) electrons. The molecule has 0 aromatic heterocycles. The van der Waals surface area contributed by atoms with Gasteiger partial charge >= 0.3 is 17.9 Å². The average Bonchev–Trinajstić information content (AvgIpc) is 3.31. The molecule has 0 heterocycles. The second-order valence-electron chi connectivity index (χ2n) is 18.5. The molecule has 0 aromatic rings. The fourth-order valence-electron chi connectivity index (χ4n) is 7.77. The highest BCUT2D eigenvalue weighted by Crippen LogP contribution is 2.16. The van der Waals surface area contributed by atoms with Crippen molar-refractivity contribution in [2.75, 3.05) is 13.2 Å². The highest BCUT2D eigenvalue weighted by Gasteiger charge is 2.19. The SMILES string of the molecule is CC/C=C\C/C=C\C/C=C\C/C=C\C/C=C\CCCCCCCCCCCC(=O)OCC(COC(=O)CCCCCCC/C=C\CCC)OC(=O)CCCCCCCCCCCCCCC. The molecule has 0 aliphatic heterocycles. The molecule has 0 aliphatic rings. The topological polar surface area (TPSA) is 78.9 Å². The van der Waals surface area contributed by atoms with Crippen molar-refractivity contribution in [1.29, 1.82) is 0 Å². The number of carbonyl (C=O) groups is 3. The van der Waals surface area contributed by atoms with Crippen molar-refractivity contribution in [3.63, 3.8) is 0 Å². The van der Waals surface area contributed by atoms with E-state index >= 15 is 0 Å². The van der Waals surface area contributed by atoms with Gasteiger partial charge in [-0.2, -0.15) is 0 Å². The third-order valence-electron chi connectivity index (χ3n) is 11.9. The molecule has 0 amide bonds. The van der Waals surface area contributed by atoms with E-state index in [1.54, 1.807) is 0 Å². The summed E-state index contributed by atoms with van der Waals surface area (Å²) >= 11 is 0. The minimum Gasteiger partial charge on any atom is -0.462 e. The van der Waals surface area contributed by atoms with E-state index in [4.69, 9.17) is 14.2 Å². The predicted octanol–water partition coefficient (Wildman–Crippen LogP) is 18.6. The van der Waals surface area contributed by atoms with Gasteiger partial charge in [0.15, 0.2) is 6.10 Å². The van der Waals surface area contributed by atoms with E-state index in [9.17, 15) is 14.4 Å². The third-order valence-corrected chi connectivity index (χ3v) is 11.9. The molecule has 0 aliphatic carbocycles. The highest BCUT2D eigenvalue weighted by molar-refractivity contribution is 5.71. The lowest BCUT2D eigenvalue weighted by Gasteiger charge is -2.18. The molecule has 0 N–H and O–H groups in total. The Hall–Kier alpha value is -3.15. The molecule has 66 heavy (non-hydrogen) atoms. The zero-order valence-corrected chi connectivity index (χ0v) is 43.4. The van der Waals surface area contributed by atoms with Crippen LogP contribution in [0.4, 0.5) is 0 Å². The number of ether oxygens (including phenoxy) is 3. The number of carbonyl (C=O) groups excluding carboxylic acids is 3. The lowest BCUT2D eigenvalue weighted by atomic mass is 10.0. The van der Waals surface area contributed by atoms with Crippen LogP contribution in [0.5, 0.6) is 0 Å². The molecular weight excluding hydrogens is 817 g/mol. The molecule has 0 saturated carbocycles. The number of unbranched alkanes of at least 4 members (excludes halogenated alkanes) is 27. The summed E-state index contributed by atoms with van der Waals surface area (Å²) in [5.41, 5.74) is 0. The van der Waals surface area contributed by atoms with Gasteiger partial charge in [0.05, 0.1) is 0 Å². The Morgan fingerprint density at radius 1 is 0.318 bits per heavy atom. The molecule has 0 saturated heterocycles.